The zero-order chi connectivity index (χ0) is 16.5. The van der Waals surface area contributed by atoms with Crippen LogP contribution in [0, 0.1) is 0 Å². The molecule has 5 nitrogen and oxygen atoms in total. The van der Waals surface area contributed by atoms with Crippen LogP contribution in [-0.2, 0) is 20.5 Å². The van der Waals surface area contributed by atoms with E-state index in [1.165, 1.54) is 0 Å². The number of carbonyl (C=O) groups excluding carboxylic acids is 1. The zero-order valence-corrected chi connectivity index (χ0v) is 14.0. The second kappa shape index (κ2) is 6.12. The molecule has 6 heteroatoms. The van der Waals surface area contributed by atoms with Crippen LogP contribution in [0.3, 0.4) is 0 Å². The molecule has 120 valence electrons. The summed E-state index contributed by atoms with van der Waals surface area (Å²) in [5, 5.41) is 10.2. The third-order valence-electron chi connectivity index (χ3n) is 3.57. The molecule has 0 spiro atoms. The van der Waals surface area contributed by atoms with Crippen molar-refractivity contribution in [3.05, 3.63) is 41.2 Å². The summed E-state index contributed by atoms with van der Waals surface area (Å²) in [6, 6.07) is 7.30. The Balaban J connectivity index is 2.33. The van der Waals surface area contributed by atoms with Gasteiger partial charge in [0, 0.05) is 24.3 Å². The fourth-order valence-corrected chi connectivity index (χ4v) is 3.05. The molecule has 0 radical (unpaired) electrons. The van der Waals surface area contributed by atoms with Crippen molar-refractivity contribution in [1.29, 1.82) is 0 Å². The zero-order valence-electron chi connectivity index (χ0n) is 13.2. The molecule has 2 N–H and O–H groups in total. The molecule has 0 bridgehead atoms. The predicted octanol–water partition coefficient (Wildman–Crippen LogP) is 3.03. The molecule has 2 atom stereocenters. The van der Waals surface area contributed by atoms with Crippen LogP contribution >= 0.6 is 0 Å². The molecule has 0 fully saturated rings. The summed E-state index contributed by atoms with van der Waals surface area (Å²) in [4.78, 5) is 12.2. The molecule has 1 aromatic carbocycles. The van der Waals surface area contributed by atoms with Crippen molar-refractivity contribution in [3.63, 3.8) is 0 Å². The van der Waals surface area contributed by atoms with Gasteiger partial charge in [-0.25, -0.2) is 9.00 Å². The first-order valence-electron chi connectivity index (χ1n) is 7.05. The molecule has 2 unspecified atom stereocenters. The van der Waals surface area contributed by atoms with Crippen LogP contribution in [0.5, 0.6) is 0 Å². The smallest absolute Gasteiger partial charge is 0.338 e. The van der Waals surface area contributed by atoms with Crippen LogP contribution in [-0.4, -0.2) is 27.1 Å². The fraction of sp³-hybridized carbons (Fsp3) is 0.438. The molecule has 1 heterocycles. The summed E-state index contributed by atoms with van der Waals surface area (Å²) < 4.78 is 19.4. The Morgan fingerprint density at radius 1 is 1.41 bits per heavy atom. The van der Waals surface area contributed by atoms with Crippen LogP contribution < -0.4 is 4.72 Å². The quantitative estimate of drug-likeness (QED) is 0.835. The fourth-order valence-electron chi connectivity index (χ4n) is 2.59. The SMILES string of the molecule is CC(C1=C(O)CC(C)(C)OC1=O)c1cccc(NS(C)=O)c1. The highest BCUT2D eigenvalue weighted by atomic mass is 32.2. The number of cyclic esters (lactones) is 1. The molecular weight excluding hydrogens is 302 g/mol. The third-order valence-corrected chi connectivity index (χ3v) is 4.10. The monoisotopic (exact) mass is 323 g/mol. The molecule has 1 aliphatic heterocycles. The maximum atomic E-state index is 12.2. The van der Waals surface area contributed by atoms with Gasteiger partial charge in [0.25, 0.3) is 0 Å². The third kappa shape index (κ3) is 3.68. The molecule has 1 aromatic rings. The molecule has 0 aromatic heterocycles. The molecule has 0 saturated carbocycles. The van der Waals surface area contributed by atoms with E-state index >= 15 is 0 Å². The number of rotatable bonds is 4. The number of nitrogens with one attached hydrogen (secondary N) is 1. The number of anilines is 1. The van der Waals surface area contributed by atoms with E-state index < -0.39 is 22.6 Å². The normalized spacial score (nSPS) is 20.3. The van der Waals surface area contributed by atoms with E-state index in [1.807, 2.05) is 25.1 Å². The molecule has 22 heavy (non-hydrogen) atoms. The molecular formula is C16H21NO4S. The van der Waals surface area contributed by atoms with Crippen LogP contribution in [0.1, 0.15) is 38.7 Å². The lowest BCUT2D eigenvalue weighted by atomic mass is 9.87. The minimum Gasteiger partial charge on any atom is -0.512 e. The van der Waals surface area contributed by atoms with Crippen molar-refractivity contribution < 1.29 is 18.8 Å². The van der Waals surface area contributed by atoms with Gasteiger partial charge >= 0.3 is 5.97 Å². The van der Waals surface area contributed by atoms with Crippen LogP contribution in [0.4, 0.5) is 5.69 Å². The first kappa shape index (κ1) is 16.5. The Labute approximate surface area is 133 Å². The predicted molar refractivity (Wildman–Crippen MR) is 87.0 cm³/mol. The summed E-state index contributed by atoms with van der Waals surface area (Å²) >= 11 is 0. The highest BCUT2D eigenvalue weighted by molar-refractivity contribution is 7.85. The van der Waals surface area contributed by atoms with Gasteiger partial charge in [-0.2, -0.15) is 0 Å². The van der Waals surface area contributed by atoms with E-state index in [0.717, 1.165) is 5.56 Å². The van der Waals surface area contributed by atoms with Crippen LogP contribution in [0.25, 0.3) is 0 Å². The first-order chi connectivity index (χ1) is 10.2. The van der Waals surface area contributed by atoms with Gasteiger partial charge in [0.1, 0.15) is 22.3 Å². The Kier molecular flexibility index (Phi) is 4.60. The molecule has 0 aliphatic carbocycles. The number of esters is 1. The number of hydrogen-bond acceptors (Lipinski definition) is 4. The summed E-state index contributed by atoms with van der Waals surface area (Å²) in [5.41, 5.74) is 1.14. The largest absolute Gasteiger partial charge is 0.512 e. The van der Waals surface area contributed by atoms with E-state index in [4.69, 9.17) is 4.74 Å². The van der Waals surface area contributed by atoms with Crippen LogP contribution in [0.2, 0.25) is 0 Å². The average Bonchev–Trinajstić information content (AvgIpc) is 2.35. The van der Waals surface area contributed by atoms with E-state index in [9.17, 15) is 14.1 Å². The molecule has 0 amide bonds. The first-order valence-corrected chi connectivity index (χ1v) is 8.61. The van der Waals surface area contributed by atoms with E-state index in [1.54, 1.807) is 26.2 Å². The minimum absolute atomic E-state index is 0.0752. The summed E-state index contributed by atoms with van der Waals surface area (Å²) in [7, 11) is -1.17. The lowest BCUT2D eigenvalue weighted by Crippen LogP contribution is -2.35. The van der Waals surface area contributed by atoms with E-state index in [0.29, 0.717) is 12.1 Å². The van der Waals surface area contributed by atoms with Gasteiger partial charge in [-0.15, -0.1) is 0 Å². The Morgan fingerprint density at radius 2 is 2.09 bits per heavy atom. The van der Waals surface area contributed by atoms with Crippen molar-refractivity contribution in [3.8, 4) is 0 Å². The Hall–Kier alpha value is -1.82. The number of hydrogen-bond donors (Lipinski definition) is 2. The highest BCUT2D eigenvalue weighted by Gasteiger charge is 2.37. The maximum Gasteiger partial charge on any atom is 0.338 e. The standard InChI is InChI=1S/C16H21NO4S/c1-10(11-6-5-7-12(8-11)17-22(4)20)14-13(18)9-16(2,3)21-15(14)19/h5-8,10,17-18H,9H2,1-4H3. The summed E-state index contributed by atoms with van der Waals surface area (Å²) in [6.07, 6.45) is 1.85. The summed E-state index contributed by atoms with van der Waals surface area (Å²) in [5.74, 6) is -0.722. The van der Waals surface area contributed by atoms with Crippen molar-refractivity contribution >= 4 is 22.6 Å². The topological polar surface area (TPSA) is 75.6 Å². The second-order valence-corrected chi connectivity index (χ2v) is 7.20. The van der Waals surface area contributed by atoms with Gasteiger partial charge in [-0.3, -0.25) is 0 Å². The van der Waals surface area contributed by atoms with Crippen molar-refractivity contribution in [1.82, 2.24) is 0 Å². The number of aliphatic hydroxyl groups is 1. The van der Waals surface area contributed by atoms with Gasteiger partial charge in [0.15, 0.2) is 0 Å². The van der Waals surface area contributed by atoms with Crippen molar-refractivity contribution in [2.24, 2.45) is 0 Å². The summed E-state index contributed by atoms with van der Waals surface area (Å²) in [6.45, 7) is 5.38. The van der Waals surface area contributed by atoms with Crippen LogP contribution in [0.15, 0.2) is 35.6 Å². The van der Waals surface area contributed by atoms with E-state index in [2.05, 4.69) is 4.72 Å². The molecule has 0 saturated heterocycles. The average molecular weight is 323 g/mol. The number of carbonyl (C=O) groups is 1. The van der Waals surface area contributed by atoms with Gasteiger partial charge in [0.2, 0.25) is 0 Å². The second-order valence-electron chi connectivity index (χ2n) is 6.09. The van der Waals surface area contributed by atoms with E-state index in [-0.39, 0.29) is 17.3 Å². The van der Waals surface area contributed by atoms with Gasteiger partial charge in [-0.05, 0) is 31.5 Å². The minimum atomic E-state index is -1.17. The molecule has 2 rings (SSSR count). The van der Waals surface area contributed by atoms with Gasteiger partial charge in [-0.1, -0.05) is 19.1 Å². The number of benzene rings is 1. The van der Waals surface area contributed by atoms with Gasteiger partial charge < -0.3 is 14.6 Å². The van der Waals surface area contributed by atoms with Gasteiger partial charge in [0.05, 0.1) is 5.57 Å². The number of ether oxygens (including phenoxy) is 1. The van der Waals surface area contributed by atoms with Crippen molar-refractivity contribution in [2.45, 2.75) is 38.7 Å². The molecule has 1 aliphatic rings. The lowest BCUT2D eigenvalue weighted by molar-refractivity contribution is -0.155. The van der Waals surface area contributed by atoms with Crippen molar-refractivity contribution in [2.75, 3.05) is 11.0 Å². The Bertz CT molecular complexity index is 651. The lowest BCUT2D eigenvalue weighted by Gasteiger charge is -2.32. The Morgan fingerprint density at radius 3 is 2.68 bits per heavy atom. The highest BCUT2D eigenvalue weighted by Crippen LogP contribution is 2.36. The number of aliphatic hydroxyl groups excluding tert-OH is 1. The maximum absolute atomic E-state index is 12.2.